The summed E-state index contributed by atoms with van der Waals surface area (Å²) in [5.74, 6) is 0.880. The topological polar surface area (TPSA) is 30.5 Å². The van der Waals surface area contributed by atoms with Gasteiger partial charge < -0.3 is 9.47 Å². The lowest BCUT2D eigenvalue weighted by Gasteiger charge is -2.10. The molecule has 76 valence electrons. The zero-order valence-electron chi connectivity index (χ0n) is 8.49. The molecule has 1 aliphatic heterocycles. The summed E-state index contributed by atoms with van der Waals surface area (Å²) in [4.78, 5) is 0. The van der Waals surface area contributed by atoms with Gasteiger partial charge in [0.25, 0.3) is 0 Å². The second-order valence-corrected chi connectivity index (χ2v) is 3.45. The van der Waals surface area contributed by atoms with E-state index in [9.17, 15) is 0 Å². The Morgan fingerprint density at radius 1 is 1.50 bits per heavy atom. The van der Waals surface area contributed by atoms with E-state index in [1.54, 1.807) is 7.11 Å². The third-order valence-corrected chi connectivity index (χ3v) is 2.42. The van der Waals surface area contributed by atoms with Gasteiger partial charge in [0.1, 0.15) is 12.0 Å². The fourth-order valence-electron chi connectivity index (χ4n) is 1.65. The molecule has 1 N–H and O–H groups in total. The molecule has 0 spiro atoms. The van der Waals surface area contributed by atoms with E-state index in [2.05, 4.69) is 11.4 Å². The highest BCUT2D eigenvalue weighted by molar-refractivity contribution is 5.30. The van der Waals surface area contributed by atoms with Gasteiger partial charge in [0.05, 0.1) is 13.2 Å². The van der Waals surface area contributed by atoms with Crippen LogP contribution in [-0.4, -0.2) is 19.9 Å². The van der Waals surface area contributed by atoms with Crippen molar-refractivity contribution in [3.05, 3.63) is 29.8 Å². The number of benzene rings is 1. The minimum atomic E-state index is 0.145. The van der Waals surface area contributed by atoms with Crippen molar-refractivity contribution in [2.75, 3.05) is 13.7 Å². The Morgan fingerprint density at radius 2 is 2.36 bits per heavy atom. The standard InChI is InChI=1S/C11H15NO2/c1-8-12-7-11(14-8)9-4-3-5-10(6-9)13-2/h3-6,8,11-12H,7H2,1-2H3. The lowest BCUT2D eigenvalue weighted by Crippen LogP contribution is -2.17. The van der Waals surface area contributed by atoms with Gasteiger partial charge in [-0.15, -0.1) is 0 Å². The van der Waals surface area contributed by atoms with Crippen molar-refractivity contribution in [1.82, 2.24) is 5.32 Å². The van der Waals surface area contributed by atoms with E-state index in [-0.39, 0.29) is 12.3 Å². The van der Waals surface area contributed by atoms with Crippen LogP contribution in [0.15, 0.2) is 24.3 Å². The molecule has 3 heteroatoms. The molecular weight excluding hydrogens is 178 g/mol. The minimum Gasteiger partial charge on any atom is -0.497 e. The van der Waals surface area contributed by atoms with Gasteiger partial charge in [0.2, 0.25) is 0 Å². The Labute approximate surface area is 84.0 Å². The number of hydrogen-bond acceptors (Lipinski definition) is 3. The first-order valence-electron chi connectivity index (χ1n) is 4.82. The second-order valence-electron chi connectivity index (χ2n) is 3.45. The minimum absolute atomic E-state index is 0.145. The first-order chi connectivity index (χ1) is 6.79. The zero-order chi connectivity index (χ0) is 9.97. The molecular formula is C11H15NO2. The highest BCUT2D eigenvalue weighted by Crippen LogP contribution is 2.25. The maximum atomic E-state index is 5.68. The van der Waals surface area contributed by atoms with Crippen LogP contribution in [0.5, 0.6) is 5.75 Å². The average Bonchev–Trinajstić information content (AvgIpc) is 2.65. The van der Waals surface area contributed by atoms with Gasteiger partial charge in [-0.3, -0.25) is 5.32 Å². The van der Waals surface area contributed by atoms with Crippen LogP contribution >= 0.6 is 0 Å². The molecule has 2 rings (SSSR count). The van der Waals surface area contributed by atoms with Crippen molar-refractivity contribution in [2.45, 2.75) is 19.3 Å². The van der Waals surface area contributed by atoms with Gasteiger partial charge in [-0.2, -0.15) is 0 Å². The maximum absolute atomic E-state index is 5.68. The lowest BCUT2D eigenvalue weighted by atomic mass is 10.1. The Hall–Kier alpha value is -1.06. The Morgan fingerprint density at radius 3 is 3.00 bits per heavy atom. The van der Waals surface area contributed by atoms with Crippen molar-refractivity contribution >= 4 is 0 Å². The molecule has 14 heavy (non-hydrogen) atoms. The number of hydrogen-bond donors (Lipinski definition) is 1. The zero-order valence-corrected chi connectivity index (χ0v) is 8.49. The summed E-state index contributed by atoms with van der Waals surface area (Å²) in [6.07, 6.45) is 0.298. The molecule has 3 nitrogen and oxygen atoms in total. The maximum Gasteiger partial charge on any atom is 0.119 e. The largest absolute Gasteiger partial charge is 0.497 e. The highest BCUT2D eigenvalue weighted by atomic mass is 16.5. The predicted octanol–water partition coefficient (Wildman–Crippen LogP) is 1.70. The first-order valence-corrected chi connectivity index (χ1v) is 4.82. The quantitative estimate of drug-likeness (QED) is 0.775. The van der Waals surface area contributed by atoms with Crippen molar-refractivity contribution in [2.24, 2.45) is 0 Å². The summed E-state index contributed by atoms with van der Waals surface area (Å²) in [6.45, 7) is 2.88. The van der Waals surface area contributed by atoms with Gasteiger partial charge in [-0.05, 0) is 24.6 Å². The number of nitrogens with one attached hydrogen (secondary N) is 1. The van der Waals surface area contributed by atoms with Crippen molar-refractivity contribution in [3.63, 3.8) is 0 Å². The van der Waals surface area contributed by atoms with Crippen molar-refractivity contribution in [1.29, 1.82) is 0 Å². The summed E-state index contributed by atoms with van der Waals surface area (Å²) >= 11 is 0. The van der Waals surface area contributed by atoms with Gasteiger partial charge in [0, 0.05) is 6.54 Å². The molecule has 1 heterocycles. The molecule has 1 fully saturated rings. The van der Waals surface area contributed by atoms with Crippen LogP contribution in [-0.2, 0) is 4.74 Å². The summed E-state index contributed by atoms with van der Waals surface area (Å²) in [5.41, 5.74) is 1.17. The predicted molar refractivity (Wildman–Crippen MR) is 54.3 cm³/mol. The molecule has 0 amide bonds. The van der Waals surface area contributed by atoms with Crippen LogP contribution in [0.4, 0.5) is 0 Å². The molecule has 0 radical (unpaired) electrons. The van der Waals surface area contributed by atoms with E-state index in [1.807, 2.05) is 25.1 Å². The smallest absolute Gasteiger partial charge is 0.119 e. The normalized spacial score (nSPS) is 26.4. The molecule has 1 saturated heterocycles. The van der Waals surface area contributed by atoms with Gasteiger partial charge >= 0.3 is 0 Å². The van der Waals surface area contributed by atoms with Crippen molar-refractivity contribution < 1.29 is 9.47 Å². The van der Waals surface area contributed by atoms with Crippen LogP contribution in [0, 0.1) is 0 Å². The van der Waals surface area contributed by atoms with Gasteiger partial charge in [-0.25, -0.2) is 0 Å². The van der Waals surface area contributed by atoms with E-state index in [0.717, 1.165) is 12.3 Å². The third-order valence-electron chi connectivity index (χ3n) is 2.42. The molecule has 1 aliphatic rings. The first kappa shape index (κ1) is 9.49. The summed E-state index contributed by atoms with van der Waals surface area (Å²) in [5, 5.41) is 3.24. The third kappa shape index (κ3) is 1.89. The molecule has 0 aliphatic carbocycles. The highest BCUT2D eigenvalue weighted by Gasteiger charge is 2.22. The molecule has 0 bridgehead atoms. The monoisotopic (exact) mass is 193 g/mol. The molecule has 2 atom stereocenters. The van der Waals surface area contributed by atoms with E-state index in [0.29, 0.717) is 0 Å². The van der Waals surface area contributed by atoms with Crippen molar-refractivity contribution in [3.8, 4) is 5.75 Å². The molecule has 1 aromatic rings. The summed E-state index contributed by atoms with van der Waals surface area (Å²) in [7, 11) is 1.68. The van der Waals surface area contributed by atoms with Gasteiger partial charge in [0.15, 0.2) is 0 Å². The average molecular weight is 193 g/mol. The second kappa shape index (κ2) is 3.98. The van der Waals surface area contributed by atoms with E-state index in [1.165, 1.54) is 5.56 Å². The van der Waals surface area contributed by atoms with Crippen LogP contribution in [0.3, 0.4) is 0 Å². The Bertz CT molecular complexity index is 314. The Balaban J connectivity index is 2.15. The van der Waals surface area contributed by atoms with Crippen LogP contribution in [0.2, 0.25) is 0 Å². The van der Waals surface area contributed by atoms with Crippen LogP contribution in [0.1, 0.15) is 18.6 Å². The molecule has 1 aromatic carbocycles. The number of ether oxygens (including phenoxy) is 2. The van der Waals surface area contributed by atoms with Gasteiger partial charge in [-0.1, -0.05) is 12.1 Å². The fraction of sp³-hybridized carbons (Fsp3) is 0.455. The summed E-state index contributed by atoms with van der Waals surface area (Å²) in [6, 6.07) is 8.01. The van der Waals surface area contributed by atoms with E-state index in [4.69, 9.17) is 9.47 Å². The summed E-state index contributed by atoms with van der Waals surface area (Å²) < 4.78 is 10.8. The van der Waals surface area contributed by atoms with Crippen LogP contribution < -0.4 is 10.1 Å². The Kier molecular flexibility index (Phi) is 2.70. The molecule has 2 unspecified atom stereocenters. The molecule has 0 aromatic heterocycles. The molecule has 0 saturated carbocycles. The number of methoxy groups -OCH3 is 1. The SMILES string of the molecule is COc1cccc(C2CNC(C)O2)c1. The van der Waals surface area contributed by atoms with E-state index >= 15 is 0 Å². The van der Waals surface area contributed by atoms with E-state index < -0.39 is 0 Å². The number of rotatable bonds is 2. The lowest BCUT2D eigenvalue weighted by molar-refractivity contribution is 0.0528. The fourth-order valence-corrected chi connectivity index (χ4v) is 1.65. The van der Waals surface area contributed by atoms with Crippen LogP contribution in [0.25, 0.3) is 0 Å².